The second-order valence-corrected chi connectivity index (χ2v) is 11.3. The summed E-state index contributed by atoms with van der Waals surface area (Å²) in [6.45, 7) is 3.85. The van der Waals surface area contributed by atoms with Gasteiger partial charge in [0.05, 0.1) is 16.7 Å². The Bertz CT molecular complexity index is 940. The summed E-state index contributed by atoms with van der Waals surface area (Å²) in [6, 6.07) is 4.92. The first kappa shape index (κ1) is 22.6. The van der Waals surface area contributed by atoms with Crippen LogP contribution in [-0.4, -0.2) is 69.2 Å². The Hall–Kier alpha value is -1.62. The number of hydrogen-bond donors (Lipinski definition) is 1. The van der Waals surface area contributed by atoms with Gasteiger partial charge in [-0.3, -0.25) is 9.59 Å². The number of nitrogens with zero attached hydrogens (tertiary/aromatic N) is 2. The molecule has 0 aromatic heterocycles. The molecular weight excluding hydrogens is 438 g/mol. The molecule has 3 aliphatic rings. The summed E-state index contributed by atoms with van der Waals surface area (Å²) < 4.78 is 33.1. The molecule has 1 aromatic rings. The standard InChI is InChI=1S/C21H29N3O5S2/c1-15-14-30-19-7-6-17(31(27,28)23-8-2-3-9-23)11-18(19)24(21(15)26)13-20(25)22-12-16-5-4-10-29-16/h6-7,11,15-16H,2-5,8-10,12-14H2,1H3,(H,22,25)/t15-,16+/m1/s1. The Balaban J connectivity index is 1.58. The average Bonchev–Trinajstić information content (AvgIpc) is 3.46. The largest absolute Gasteiger partial charge is 0.376 e. The first-order valence-electron chi connectivity index (χ1n) is 10.8. The molecule has 0 aliphatic carbocycles. The molecule has 4 rings (SSSR count). The number of sulfonamides is 1. The first-order valence-corrected chi connectivity index (χ1v) is 13.3. The van der Waals surface area contributed by atoms with Crippen molar-refractivity contribution in [2.24, 2.45) is 5.92 Å². The van der Waals surface area contributed by atoms with Gasteiger partial charge in [-0.05, 0) is 43.9 Å². The third-order valence-corrected chi connectivity index (χ3v) is 9.17. The average molecular weight is 468 g/mol. The monoisotopic (exact) mass is 467 g/mol. The normalized spacial score (nSPS) is 24.8. The number of benzene rings is 1. The summed E-state index contributed by atoms with van der Waals surface area (Å²) in [5, 5.41) is 2.86. The number of rotatable bonds is 6. The van der Waals surface area contributed by atoms with E-state index in [4.69, 9.17) is 4.74 Å². The summed E-state index contributed by atoms with van der Waals surface area (Å²) in [5.41, 5.74) is 0.492. The molecule has 10 heteroatoms. The van der Waals surface area contributed by atoms with Crippen molar-refractivity contribution in [3.8, 4) is 0 Å². The van der Waals surface area contributed by atoms with Crippen LogP contribution in [-0.2, 0) is 24.3 Å². The number of carbonyl (C=O) groups is 2. The zero-order valence-electron chi connectivity index (χ0n) is 17.7. The van der Waals surface area contributed by atoms with Crippen molar-refractivity contribution < 1.29 is 22.7 Å². The molecule has 0 spiro atoms. The topological polar surface area (TPSA) is 96.0 Å². The predicted octanol–water partition coefficient (Wildman–Crippen LogP) is 1.84. The smallest absolute Gasteiger partial charge is 0.243 e. The van der Waals surface area contributed by atoms with Crippen LogP contribution in [0.2, 0.25) is 0 Å². The summed E-state index contributed by atoms with van der Waals surface area (Å²) in [4.78, 5) is 28.1. The van der Waals surface area contributed by atoms with E-state index in [-0.39, 0.29) is 35.3 Å². The molecule has 2 fully saturated rings. The number of fused-ring (bicyclic) bond motifs is 1. The second kappa shape index (κ2) is 9.48. The molecule has 0 bridgehead atoms. The lowest BCUT2D eigenvalue weighted by atomic mass is 10.1. The van der Waals surface area contributed by atoms with Gasteiger partial charge in [0.2, 0.25) is 21.8 Å². The fourth-order valence-electron chi connectivity index (χ4n) is 4.13. The second-order valence-electron chi connectivity index (χ2n) is 8.32. The molecule has 1 N–H and O–H groups in total. The Morgan fingerprint density at radius 2 is 2.03 bits per heavy atom. The molecule has 0 unspecified atom stereocenters. The number of hydrogen-bond acceptors (Lipinski definition) is 6. The molecule has 3 aliphatic heterocycles. The summed E-state index contributed by atoms with van der Waals surface area (Å²) in [7, 11) is -3.62. The number of amides is 2. The number of anilines is 1. The van der Waals surface area contributed by atoms with Gasteiger partial charge in [-0.15, -0.1) is 11.8 Å². The molecule has 31 heavy (non-hydrogen) atoms. The minimum atomic E-state index is -3.62. The minimum absolute atomic E-state index is 0.0164. The highest BCUT2D eigenvalue weighted by atomic mass is 32.2. The highest BCUT2D eigenvalue weighted by Gasteiger charge is 2.33. The molecule has 0 saturated carbocycles. The van der Waals surface area contributed by atoms with E-state index in [2.05, 4.69) is 5.32 Å². The van der Waals surface area contributed by atoms with Crippen molar-refractivity contribution in [1.82, 2.24) is 9.62 Å². The number of ether oxygens (including phenoxy) is 1. The third-order valence-electron chi connectivity index (χ3n) is 5.95. The van der Waals surface area contributed by atoms with Crippen LogP contribution >= 0.6 is 11.8 Å². The summed E-state index contributed by atoms with van der Waals surface area (Å²) in [6.07, 6.45) is 3.63. The lowest BCUT2D eigenvalue weighted by Crippen LogP contribution is -2.44. The van der Waals surface area contributed by atoms with E-state index < -0.39 is 10.0 Å². The highest BCUT2D eigenvalue weighted by molar-refractivity contribution is 7.99. The van der Waals surface area contributed by atoms with Gasteiger partial charge in [0.1, 0.15) is 6.54 Å². The van der Waals surface area contributed by atoms with Gasteiger partial charge in [0.25, 0.3) is 0 Å². The van der Waals surface area contributed by atoms with Gasteiger partial charge in [0, 0.05) is 42.8 Å². The molecule has 0 radical (unpaired) electrons. The van der Waals surface area contributed by atoms with Crippen LogP contribution in [0.15, 0.2) is 28.0 Å². The van der Waals surface area contributed by atoms with Gasteiger partial charge in [-0.1, -0.05) is 6.92 Å². The maximum atomic E-state index is 13.1. The van der Waals surface area contributed by atoms with Crippen LogP contribution in [0.3, 0.4) is 0 Å². The Kier molecular flexibility index (Phi) is 6.90. The van der Waals surface area contributed by atoms with Crippen molar-refractivity contribution in [1.29, 1.82) is 0 Å². The number of carbonyl (C=O) groups excluding carboxylic acids is 2. The fraction of sp³-hybridized carbons (Fsp3) is 0.619. The SMILES string of the molecule is C[C@@H]1CSc2ccc(S(=O)(=O)N3CCCC3)cc2N(CC(=O)NC[C@@H]2CCCO2)C1=O. The van der Waals surface area contributed by atoms with Gasteiger partial charge in [-0.2, -0.15) is 4.31 Å². The van der Waals surface area contributed by atoms with E-state index in [1.807, 2.05) is 6.92 Å². The maximum absolute atomic E-state index is 13.1. The van der Waals surface area contributed by atoms with Gasteiger partial charge < -0.3 is 15.0 Å². The summed E-state index contributed by atoms with van der Waals surface area (Å²) >= 11 is 1.51. The fourth-order valence-corrected chi connectivity index (χ4v) is 6.73. The Labute approximate surface area is 187 Å². The molecule has 2 atom stereocenters. The lowest BCUT2D eigenvalue weighted by molar-refractivity contribution is -0.125. The lowest BCUT2D eigenvalue weighted by Gasteiger charge is -2.25. The van der Waals surface area contributed by atoms with Crippen molar-refractivity contribution in [2.75, 3.05) is 43.4 Å². The van der Waals surface area contributed by atoms with E-state index in [9.17, 15) is 18.0 Å². The molecule has 2 amide bonds. The van der Waals surface area contributed by atoms with Gasteiger partial charge in [0.15, 0.2) is 0 Å². The van der Waals surface area contributed by atoms with E-state index >= 15 is 0 Å². The van der Waals surface area contributed by atoms with Crippen LogP contribution in [0, 0.1) is 5.92 Å². The quantitative estimate of drug-likeness (QED) is 0.686. The van der Waals surface area contributed by atoms with E-state index in [0.29, 0.717) is 37.7 Å². The number of nitrogens with one attached hydrogen (secondary N) is 1. The van der Waals surface area contributed by atoms with E-state index in [1.165, 1.54) is 21.0 Å². The highest BCUT2D eigenvalue weighted by Crippen LogP contribution is 2.38. The first-order chi connectivity index (χ1) is 14.9. The van der Waals surface area contributed by atoms with E-state index in [0.717, 1.165) is 30.6 Å². The number of thioether (sulfide) groups is 1. The third kappa shape index (κ3) is 4.92. The Morgan fingerprint density at radius 1 is 1.26 bits per heavy atom. The van der Waals surface area contributed by atoms with Crippen molar-refractivity contribution in [3.05, 3.63) is 18.2 Å². The minimum Gasteiger partial charge on any atom is -0.376 e. The van der Waals surface area contributed by atoms with Crippen LogP contribution < -0.4 is 10.2 Å². The van der Waals surface area contributed by atoms with Crippen LogP contribution in [0.1, 0.15) is 32.6 Å². The van der Waals surface area contributed by atoms with Crippen LogP contribution in [0.4, 0.5) is 5.69 Å². The molecular formula is C21H29N3O5S2. The summed E-state index contributed by atoms with van der Waals surface area (Å²) in [5.74, 6) is -0.143. The Morgan fingerprint density at radius 3 is 2.74 bits per heavy atom. The van der Waals surface area contributed by atoms with Crippen LogP contribution in [0.25, 0.3) is 0 Å². The van der Waals surface area contributed by atoms with Crippen molar-refractivity contribution in [2.45, 2.75) is 48.5 Å². The molecule has 8 nitrogen and oxygen atoms in total. The van der Waals surface area contributed by atoms with Crippen molar-refractivity contribution >= 4 is 39.3 Å². The molecule has 3 heterocycles. The van der Waals surface area contributed by atoms with E-state index in [1.54, 1.807) is 18.2 Å². The maximum Gasteiger partial charge on any atom is 0.243 e. The zero-order valence-corrected chi connectivity index (χ0v) is 19.3. The van der Waals surface area contributed by atoms with Crippen molar-refractivity contribution in [3.63, 3.8) is 0 Å². The van der Waals surface area contributed by atoms with Gasteiger partial charge in [-0.25, -0.2) is 8.42 Å². The molecule has 1 aromatic carbocycles. The van der Waals surface area contributed by atoms with Crippen LogP contribution in [0.5, 0.6) is 0 Å². The zero-order chi connectivity index (χ0) is 22.0. The molecule has 2 saturated heterocycles. The molecule has 170 valence electrons. The van der Waals surface area contributed by atoms with Gasteiger partial charge >= 0.3 is 0 Å². The predicted molar refractivity (Wildman–Crippen MR) is 119 cm³/mol.